The molecule has 1 atom stereocenters. The van der Waals surface area contributed by atoms with Gasteiger partial charge in [-0.1, -0.05) is 11.2 Å². The molecular weight excluding hydrogens is 292 g/mol. The van der Waals surface area contributed by atoms with Gasteiger partial charge in [-0.25, -0.2) is 0 Å². The van der Waals surface area contributed by atoms with Crippen LogP contribution >= 0.6 is 23.1 Å². The van der Waals surface area contributed by atoms with Crippen molar-refractivity contribution in [2.24, 2.45) is 0 Å². The Hall–Kier alpha value is -1.27. The summed E-state index contributed by atoms with van der Waals surface area (Å²) >= 11 is 3.23. The zero-order chi connectivity index (χ0) is 14.5. The highest BCUT2D eigenvalue weighted by Gasteiger charge is 2.12. The Morgan fingerprint density at radius 2 is 2.35 bits per heavy atom. The van der Waals surface area contributed by atoms with Crippen molar-refractivity contribution in [2.45, 2.75) is 32.6 Å². The number of nitrogens with zero attached hydrogens (tertiary/aromatic N) is 1. The van der Waals surface area contributed by atoms with Crippen molar-refractivity contribution in [3.8, 4) is 0 Å². The number of rotatable bonds is 6. The molecule has 1 amide bonds. The molecule has 1 N–H and O–H groups in total. The quantitative estimate of drug-likeness (QED) is 0.887. The molecule has 2 rings (SSSR count). The number of thiophene rings is 1. The number of aryl methyl sites for hydroxylation is 2. The Kier molecular flexibility index (Phi) is 5.25. The summed E-state index contributed by atoms with van der Waals surface area (Å²) in [6.45, 7) is 5.82. The number of thioether (sulfide) groups is 1. The first-order valence-electron chi connectivity index (χ1n) is 6.40. The van der Waals surface area contributed by atoms with Crippen molar-refractivity contribution in [3.05, 3.63) is 39.4 Å². The van der Waals surface area contributed by atoms with Gasteiger partial charge in [-0.05, 0) is 32.2 Å². The van der Waals surface area contributed by atoms with Gasteiger partial charge in [-0.2, -0.15) is 0 Å². The zero-order valence-electron chi connectivity index (χ0n) is 11.8. The van der Waals surface area contributed by atoms with Crippen LogP contribution in [0.15, 0.2) is 22.0 Å². The van der Waals surface area contributed by atoms with Crippen LogP contribution in [0.1, 0.15) is 34.9 Å². The van der Waals surface area contributed by atoms with E-state index in [0.29, 0.717) is 5.75 Å². The minimum atomic E-state index is 0.0580. The van der Waals surface area contributed by atoms with Crippen molar-refractivity contribution in [1.82, 2.24) is 10.5 Å². The van der Waals surface area contributed by atoms with E-state index >= 15 is 0 Å². The van der Waals surface area contributed by atoms with E-state index in [1.807, 2.05) is 38.3 Å². The van der Waals surface area contributed by atoms with Crippen LogP contribution in [0, 0.1) is 13.8 Å². The molecule has 0 aliphatic rings. The topological polar surface area (TPSA) is 55.1 Å². The molecule has 0 bridgehead atoms. The molecule has 0 saturated carbocycles. The molecule has 0 aliphatic heterocycles. The maximum absolute atomic E-state index is 11.9. The fourth-order valence-corrected chi connectivity index (χ4v) is 3.57. The largest absolute Gasteiger partial charge is 0.361 e. The number of hydrogen-bond donors (Lipinski definition) is 1. The second-order valence-electron chi connectivity index (χ2n) is 4.60. The van der Waals surface area contributed by atoms with Gasteiger partial charge in [0.05, 0.1) is 17.5 Å². The van der Waals surface area contributed by atoms with Crippen LogP contribution in [0.3, 0.4) is 0 Å². The van der Waals surface area contributed by atoms with Crippen molar-refractivity contribution in [1.29, 1.82) is 0 Å². The van der Waals surface area contributed by atoms with E-state index < -0.39 is 0 Å². The average Bonchev–Trinajstić information content (AvgIpc) is 3.03. The summed E-state index contributed by atoms with van der Waals surface area (Å²) in [7, 11) is 0. The molecule has 0 radical (unpaired) electrons. The molecule has 6 heteroatoms. The maximum Gasteiger partial charge on any atom is 0.230 e. The molecule has 108 valence electrons. The summed E-state index contributed by atoms with van der Waals surface area (Å²) in [6, 6.07) is 4.10. The van der Waals surface area contributed by atoms with Gasteiger partial charge in [0.1, 0.15) is 5.76 Å². The third-order valence-corrected chi connectivity index (χ3v) is 5.02. The Labute approximate surface area is 126 Å². The smallest absolute Gasteiger partial charge is 0.230 e. The first-order chi connectivity index (χ1) is 9.58. The maximum atomic E-state index is 11.9. The average molecular weight is 310 g/mol. The van der Waals surface area contributed by atoms with E-state index in [2.05, 4.69) is 10.5 Å². The lowest BCUT2D eigenvalue weighted by Gasteiger charge is -2.11. The monoisotopic (exact) mass is 310 g/mol. The summed E-state index contributed by atoms with van der Waals surface area (Å²) < 4.78 is 5.10. The summed E-state index contributed by atoms with van der Waals surface area (Å²) in [5.74, 6) is 2.09. The number of amides is 1. The third-order valence-electron chi connectivity index (χ3n) is 3.01. The molecule has 2 aromatic heterocycles. The van der Waals surface area contributed by atoms with Gasteiger partial charge < -0.3 is 9.84 Å². The van der Waals surface area contributed by atoms with Gasteiger partial charge in [-0.3, -0.25) is 4.79 Å². The highest BCUT2D eigenvalue weighted by Crippen LogP contribution is 2.20. The summed E-state index contributed by atoms with van der Waals surface area (Å²) in [4.78, 5) is 13.1. The third kappa shape index (κ3) is 3.86. The molecular formula is C14H18N2O2S2. The normalized spacial score (nSPS) is 12.3. The molecule has 20 heavy (non-hydrogen) atoms. The lowest BCUT2D eigenvalue weighted by molar-refractivity contribution is -0.119. The molecule has 4 nitrogen and oxygen atoms in total. The summed E-state index contributed by atoms with van der Waals surface area (Å²) in [5, 5.41) is 8.93. The SMILES string of the molecule is Cc1noc(C)c1CSCC(=O)NC(C)c1cccs1. The highest BCUT2D eigenvalue weighted by molar-refractivity contribution is 7.99. The van der Waals surface area contributed by atoms with Crippen LogP contribution in [0.5, 0.6) is 0 Å². The van der Waals surface area contributed by atoms with Crippen LogP contribution in [-0.2, 0) is 10.5 Å². The van der Waals surface area contributed by atoms with Crippen LogP contribution in [0.4, 0.5) is 0 Å². The summed E-state index contributed by atoms with van der Waals surface area (Å²) in [6.07, 6.45) is 0. The lowest BCUT2D eigenvalue weighted by Crippen LogP contribution is -2.27. The van der Waals surface area contributed by atoms with Crippen molar-refractivity contribution in [2.75, 3.05) is 5.75 Å². The molecule has 0 spiro atoms. The number of carbonyl (C=O) groups excluding carboxylic acids is 1. The van der Waals surface area contributed by atoms with E-state index in [-0.39, 0.29) is 11.9 Å². The first kappa shape index (κ1) is 15.1. The van der Waals surface area contributed by atoms with Crippen LogP contribution in [0.25, 0.3) is 0 Å². The van der Waals surface area contributed by atoms with Crippen LogP contribution < -0.4 is 5.32 Å². The number of aromatic nitrogens is 1. The van der Waals surface area contributed by atoms with E-state index in [9.17, 15) is 4.79 Å². The number of carbonyl (C=O) groups is 1. The second-order valence-corrected chi connectivity index (χ2v) is 6.57. The number of hydrogen-bond acceptors (Lipinski definition) is 5. The highest BCUT2D eigenvalue weighted by atomic mass is 32.2. The molecule has 2 heterocycles. The minimum absolute atomic E-state index is 0.0580. The van der Waals surface area contributed by atoms with Gasteiger partial charge in [-0.15, -0.1) is 23.1 Å². The van der Waals surface area contributed by atoms with Crippen molar-refractivity contribution in [3.63, 3.8) is 0 Å². The van der Waals surface area contributed by atoms with E-state index in [0.717, 1.165) is 22.8 Å². The van der Waals surface area contributed by atoms with Gasteiger partial charge >= 0.3 is 0 Å². The van der Waals surface area contributed by atoms with Gasteiger partial charge in [0.2, 0.25) is 5.91 Å². The molecule has 0 fully saturated rings. The van der Waals surface area contributed by atoms with E-state index in [4.69, 9.17) is 4.52 Å². The summed E-state index contributed by atoms with van der Waals surface area (Å²) in [5.41, 5.74) is 2.00. The fraction of sp³-hybridized carbons (Fsp3) is 0.429. The van der Waals surface area contributed by atoms with Gasteiger partial charge in [0, 0.05) is 16.2 Å². The van der Waals surface area contributed by atoms with Gasteiger partial charge in [0.15, 0.2) is 0 Å². The van der Waals surface area contributed by atoms with Crippen LogP contribution in [-0.4, -0.2) is 16.8 Å². The molecule has 2 aromatic rings. The Morgan fingerprint density at radius 1 is 1.55 bits per heavy atom. The van der Waals surface area contributed by atoms with Crippen molar-refractivity contribution >= 4 is 29.0 Å². The zero-order valence-corrected chi connectivity index (χ0v) is 13.4. The fourth-order valence-electron chi connectivity index (χ4n) is 1.85. The lowest BCUT2D eigenvalue weighted by atomic mass is 10.2. The van der Waals surface area contributed by atoms with E-state index in [1.165, 1.54) is 4.88 Å². The van der Waals surface area contributed by atoms with Crippen molar-refractivity contribution < 1.29 is 9.32 Å². The Balaban J connectivity index is 1.76. The van der Waals surface area contributed by atoms with E-state index in [1.54, 1.807) is 23.1 Å². The van der Waals surface area contributed by atoms with Gasteiger partial charge in [0.25, 0.3) is 0 Å². The predicted octanol–water partition coefficient (Wildman–Crippen LogP) is 3.46. The molecule has 0 saturated heterocycles. The molecule has 0 aromatic carbocycles. The standard InChI is InChI=1S/C14H18N2O2S2/c1-9-12(11(3)18-16-9)7-19-8-14(17)15-10(2)13-5-4-6-20-13/h4-6,10H,7-8H2,1-3H3,(H,15,17). The Morgan fingerprint density at radius 3 is 2.95 bits per heavy atom. The minimum Gasteiger partial charge on any atom is -0.361 e. The van der Waals surface area contributed by atoms with Crippen LogP contribution in [0.2, 0.25) is 0 Å². The molecule has 1 unspecified atom stereocenters. The predicted molar refractivity (Wildman–Crippen MR) is 83.0 cm³/mol. The number of nitrogens with one attached hydrogen (secondary N) is 1. The Bertz CT molecular complexity index is 544. The second kappa shape index (κ2) is 6.95. The molecule has 0 aliphatic carbocycles. The first-order valence-corrected chi connectivity index (χ1v) is 8.43.